The zero-order valence-electron chi connectivity index (χ0n) is 12.7. The molecule has 2 N–H and O–H groups in total. The van der Waals surface area contributed by atoms with Gasteiger partial charge in [-0.1, -0.05) is 0 Å². The number of carbonyl (C=O) groups is 2. The first kappa shape index (κ1) is 15.7. The number of halogens is 1. The molecule has 1 aliphatic carbocycles. The van der Waals surface area contributed by atoms with Gasteiger partial charge in [-0.3, -0.25) is 9.59 Å². The number of fused-ring (bicyclic) bond motifs is 1. The molecule has 23 heavy (non-hydrogen) atoms. The van der Waals surface area contributed by atoms with E-state index in [0.29, 0.717) is 10.6 Å². The van der Waals surface area contributed by atoms with Crippen LogP contribution in [0.1, 0.15) is 39.9 Å². The second kappa shape index (κ2) is 6.50. The Morgan fingerprint density at radius 3 is 2.65 bits per heavy atom. The third-order valence-corrected chi connectivity index (χ3v) is 4.99. The highest BCUT2D eigenvalue weighted by atomic mass is 32.1. The quantitative estimate of drug-likeness (QED) is 0.893. The lowest BCUT2D eigenvalue weighted by Gasteiger charge is -2.08. The highest BCUT2D eigenvalue weighted by Crippen LogP contribution is 2.30. The van der Waals surface area contributed by atoms with Crippen molar-refractivity contribution in [3.8, 4) is 0 Å². The maximum atomic E-state index is 13.6. The van der Waals surface area contributed by atoms with E-state index in [1.165, 1.54) is 59.7 Å². The van der Waals surface area contributed by atoms with E-state index in [4.69, 9.17) is 0 Å². The summed E-state index contributed by atoms with van der Waals surface area (Å²) in [5, 5.41) is 5.17. The average molecular weight is 332 g/mol. The number of nitrogens with one attached hydrogen (secondary N) is 2. The van der Waals surface area contributed by atoms with Gasteiger partial charge < -0.3 is 10.6 Å². The molecule has 1 aliphatic rings. The van der Waals surface area contributed by atoms with Gasteiger partial charge in [-0.25, -0.2) is 4.39 Å². The highest BCUT2D eigenvalue weighted by Gasteiger charge is 2.17. The van der Waals surface area contributed by atoms with Crippen molar-refractivity contribution in [2.24, 2.45) is 0 Å². The third-order valence-electron chi connectivity index (χ3n) is 3.76. The molecule has 0 atom stereocenters. The van der Waals surface area contributed by atoms with Crippen molar-refractivity contribution in [2.75, 3.05) is 10.6 Å². The minimum absolute atomic E-state index is 0.0563. The van der Waals surface area contributed by atoms with E-state index in [9.17, 15) is 14.0 Å². The fraction of sp³-hybridized carbons (Fsp3) is 0.294. The molecule has 1 heterocycles. The van der Waals surface area contributed by atoms with Gasteiger partial charge in [0.25, 0.3) is 5.91 Å². The lowest BCUT2D eigenvalue weighted by Crippen LogP contribution is -2.12. The molecule has 3 rings (SSSR count). The van der Waals surface area contributed by atoms with Gasteiger partial charge in [-0.05, 0) is 55.5 Å². The Bertz CT molecular complexity index is 746. The maximum Gasteiger partial charge on any atom is 0.265 e. The monoisotopic (exact) mass is 332 g/mol. The largest absolute Gasteiger partial charge is 0.324 e. The SMILES string of the molecule is CC(=O)Nc1cc(NC(=O)c2cc3c(s2)CCCC3)ccc1F. The van der Waals surface area contributed by atoms with E-state index in [2.05, 4.69) is 10.6 Å². The molecule has 2 aromatic rings. The third kappa shape index (κ3) is 3.59. The smallest absolute Gasteiger partial charge is 0.265 e. The zero-order valence-corrected chi connectivity index (χ0v) is 13.6. The summed E-state index contributed by atoms with van der Waals surface area (Å²) < 4.78 is 13.6. The lowest BCUT2D eigenvalue weighted by atomic mass is 9.99. The molecule has 0 radical (unpaired) electrons. The van der Waals surface area contributed by atoms with Crippen molar-refractivity contribution in [3.63, 3.8) is 0 Å². The molecule has 0 unspecified atom stereocenters. The van der Waals surface area contributed by atoms with Crippen LogP contribution in [0.4, 0.5) is 15.8 Å². The van der Waals surface area contributed by atoms with Gasteiger partial charge in [-0.15, -0.1) is 11.3 Å². The van der Waals surface area contributed by atoms with Gasteiger partial charge in [0.1, 0.15) is 5.82 Å². The van der Waals surface area contributed by atoms with Crippen LogP contribution in [-0.4, -0.2) is 11.8 Å². The average Bonchev–Trinajstić information content (AvgIpc) is 2.94. The Morgan fingerprint density at radius 2 is 1.91 bits per heavy atom. The number of carbonyl (C=O) groups excluding carboxylic acids is 2. The highest BCUT2D eigenvalue weighted by molar-refractivity contribution is 7.14. The van der Waals surface area contributed by atoms with E-state index in [1.807, 2.05) is 6.07 Å². The molecule has 0 aliphatic heterocycles. The van der Waals surface area contributed by atoms with Crippen molar-refractivity contribution >= 4 is 34.5 Å². The van der Waals surface area contributed by atoms with E-state index in [0.717, 1.165) is 12.8 Å². The Balaban J connectivity index is 1.77. The number of amides is 2. The van der Waals surface area contributed by atoms with E-state index < -0.39 is 5.82 Å². The van der Waals surface area contributed by atoms with Crippen molar-refractivity contribution in [1.82, 2.24) is 0 Å². The predicted octanol–water partition coefficient (Wildman–Crippen LogP) is 3.98. The second-order valence-electron chi connectivity index (χ2n) is 5.60. The summed E-state index contributed by atoms with van der Waals surface area (Å²) in [5.41, 5.74) is 1.77. The van der Waals surface area contributed by atoms with Crippen LogP contribution in [0.25, 0.3) is 0 Å². The molecule has 0 fully saturated rings. The summed E-state index contributed by atoms with van der Waals surface area (Å²) in [7, 11) is 0. The predicted molar refractivity (Wildman–Crippen MR) is 89.6 cm³/mol. The van der Waals surface area contributed by atoms with Crippen LogP contribution in [0.2, 0.25) is 0 Å². The molecular formula is C17H17FN2O2S. The van der Waals surface area contributed by atoms with Gasteiger partial charge in [0.05, 0.1) is 10.6 Å². The summed E-state index contributed by atoms with van der Waals surface area (Å²) in [6, 6.07) is 6.07. The summed E-state index contributed by atoms with van der Waals surface area (Å²) in [6.45, 7) is 1.31. The molecule has 2 amide bonds. The van der Waals surface area contributed by atoms with Crippen LogP contribution in [0.3, 0.4) is 0 Å². The van der Waals surface area contributed by atoms with Gasteiger partial charge in [0.15, 0.2) is 0 Å². The molecule has 0 saturated heterocycles. The zero-order chi connectivity index (χ0) is 16.4. The minimum Gasteiger partial charge on any atom is -0.324 e. The van der Waals surface area contributed by atoms with Crippen LogP contribution in [-0.2, 0) is 17.6 Å². The Kier molecular flexibility index (Phi) is 4.43. The van der Waals surface area contributed by atoms with Crippen molar-refractivity contribution < 1.29 is 14.0 Å². The van der Waals surface area contributed by atoms with Crippen LogP contribution >= 0.6 is 11.3 Å². The fourth-order valence-corrected chi connectivity index (χ4v) is 3.83. The molecule has 4 nitrogen and oxygen atoms in total. The van der Waals surface area contributed by atoms with Gasteiger partial charge >= 0.3 is 0 Å². The minimum atomic E-state index is -0.537. The van der Waals surface area contributed by atoms with Crippen molar-refractivity contribution in [2.45, 2.75) is 32.6 Å². The molecule has 6 heteroatoms. The summed E-state index contributed by atoms with van der Waals surface area (Å²) >= 11 is 1.52. The normalized spacial score (nSPS) is 13.3. The topological polar surface area (TPSA) is 58.2 Å². The maximum absolute atomic E-state index is 13.6. The summed E-state index contributed by atoms with van der Waals surface area (Å²) in [5.74, 6) is -1.10. The molecule has 0 spiro atoms. The Labute approximate surface area is 137 Å². The number of thiophene rings is 1. The lowest BCUT2D eigenvalue weighted by molar-refractivity contribution is -0.114. The van der Waals surface area contributed by atoms with E-state index in [1.54, 1.807) is 0 Å². The van der Waals surface area contributed by atoms with Crippen molar-refractivity contribution in [1.29, 1.82) is 0 Å². The van der Waals surface area contributed by atoms with Crippen LogP contribution in [0.15, 0.2) is 24.3 Å². The molecule has 0 saturated carbocycles. The van der Waals surface area contributed by atoms with Crippen molar-refractivity contribution in [3.05, 3.63) is 45.4 Å². The Hall–Kier alpha value is -2.21. The first-order valence-electron chi connectivity index (χ1n) is 7.53. The molecule has 120 valence electrons. The van der Waals surface area contributed by atoms with Crippen LogP contribution in [0.5, 0.6) is 0 Å². The van der Waals surface area contributed by atoms with Crippen LogP contribution < -0.4 is 10.6 Å². The first-order valence-corrected chi connectivity index (χ1v) is 8.34. The molecule has 1 aromatic heterocycles. The number of aryl methyl sites for hydroxylation is 2. The van der Waals surface area contributed by atoms with Gasteiger partial charge in [-0.2, -0.15) is 0 Å². The summed E-state index contributed by atoms with van der Waals surface area (Å²) in [6.07, 6.45) is 4.41. The van der Waals surface area contributed by atoms with E-state index in [-0.39, 0.29) is 17.5 Å². The standard InChI is InChI=1S/C17H17FN2O2S/c1-10(21)19-14-9-12(6-7-13(14)18)20-17(22)16-8-11-4-2-3-5-15(11)23-16/h6-9H,2-5H2,1H3,(H,19,21)(H,20,22). The first-order chi connectivity index (χ1) is 11.0. The number of benzene rings is 1. The van der Waals surface area contributed by atoms with Crippen LogP contribution in [0, 0.1) is 5.82 Å². The Morgan fingerprint density at radius 1 is 1.13 bits per heavy atom. The molecule has 1 aromatic carbocycles. The molecule has 0 bridgehead atoms. The second-order valence-corrected chi connectivity index (χ2v) is 6.73. The fourth-order valence-electron chi connectivity index (χ4n) is 2.68. The number of anilines is 2. The summed E-state index contributed by atoms with van der Waals surface area (Å²) in [4.78, 5) is 25.4. The number of hydrogen-bond donors (Lipinski definition) is 2. The molecular weight excluding hydrogens is 315 g/mol. The van der Waals surface area contributed by atoms with E-state index >= 15 is 0 Å². The van der Waals surface area contributed by atoms with Gasteiger partial charge in [0.2, 0.25) is 5.91 Å². The number of hydrogen-bond acceptors (Lipinski definition) is 3. The van der Waals surface area contributed by atoms with Gasteiger partial charge in [0, 0.05) is 17.5 Å². The number of rotatable bonds is 3.